The second-order valence-electron chi connectivity index (χ2n) is 8.53. The maximum absolute atomic E-state index is 13.2. The molecular weight excluding hydrogens is 431 g/mol. The lowest BCUT2D eigenvalue weighted by Gasteiger charge is -2.23. The highest BCUT2D eigenvalue weighted by Crippen LogP contribution is 2.22. The van der Waals surface area contributed by atoms with Gasteiger partial charge in [0.25, 0.3) is 5.91 Å². The van der Waals surface area contributed by atoms with Gasteiger partial charge in [0.2, 0.25) is 5.95 Å². The van der Waals surface area contributed by atoms with Crippen LogP contribution in [0.15, 0.2) is 67.0 Å². The summed E-state index contributed by atoms with van der Waals surface area (Å²) in [5.41, 5.74) is 2.95. The van der Waals surface area contributed by atoms with Crippen LogP contribution in [0.3, 0.4) is 0 Å². The zero-order valence-corrected chi connectivity index (χ0v) is 19.0. The Kier molecular flexibility index (Phi) is 6.22. The van der Waals surface area contributed by atoms with Crippen molar-refractivity contribution in [2.24, 2.45) is 0 Å². The third-order valence-corrected chi connectivity index (χ3v) is 6.28. The van der Waals surface area contributed by atoms with Gasteiger partial charge in [-0.2, -0.15) is 4.98 Å². The van der Waals surface area contributed by atoms with Gasteiger partial charge in [0.1, 0.15) is 11.5 Å². The third kappa shape index (κ3) is 4.63. The summed E-state index contributed by atoms with van der Waals surface area (Å²) in [6.45, 7) is 3.12. The van der Waals surface area contributed by atoms with Crippen LogP contribution >= 0.6 is 0 Å². The van der Waals surface area contributed by atoms with Crippen LogP contribution in [0.25, 0.3) is 16.7 Å². The van der Waals surface area contributed by atoms with Crippen molar-refractivity contribution in [2.45, 2.75) is 38.3 Å². The van der Waals surface area contributed by atoms with Crippen LogP contribution in [0.5, 0.6) is 0 Å². The molecule has 2 atom stereocenters. The molecule has 1 fully saturated rings. The predicted molar refractivity (Wildman–Crippen MR) is 131 cm³/mol. The predicted octanol–water partition coefficient (Wildman–Crippen LogP) is 4.56. The van der Waals surface area contributed by atoms with Crippen molar-refractivity contribution in [2.75, 3.05) is 11.9 Å². The number of carbonyl (C=O) groups excluding carboxylic acids is 1. The van der Waals surface area contributed by atoms with Gasteiger partial charge in [-0.05, 0) is 80.4 Å². The van der Waals surface area contributed by atoms with Crippen LogP contribution in [0.2, 0.25) is 0 Å². The summed E-state index contributed by atoms with van der Waals surface area (Å²) in [5, 5.41) is 10.7. The lowest BCUT2D eigenvalue weighted by Crippen LogP contribution is -2.47. The SMILES string of the molecule is CCC(NC(=O)c1ccc(-n2ccc3cnc(Nc4ccc(F)cc4)nc32)cc1)C1CCCN1. The average Bonchev–Trinajstić information content (AvgIpc) is 3.54. The van der Waals surface area contributed by atoms with E-state index in [1.54, 1.807) is 18.3 Å². The smallest absolute Gasteiger partial charge is 0.251 e. The van der Waals surface area contributed by atoms with Gasteiger partial charge in [0.05, 0.1) is 0 Å². The van der Waals surface area contributed by atoms with Crippen molar-refractivity contribution in [1.29, 1.82) is 0 Å². The van der Waals surface area contributed by atoms with Gasteiger partial charge >= 0.3 is 0 Å². The second kappa shape index (κ2) is 9.61. The van der Waals surface area contributed by atoms with Crippen molar-refractivity contribution in [1.82, 2.24) is 25.2 Å². The van der Waals surface area contributed by atoms with Crippen molar-refractivity contribution in [3.8, 4) is 5.69 Å². The first kappa shape index (κ1) is 22.0. The lowest BCUT2D eigenvalue weighted by atomic mass is 10.0. The van der Waals surface area contributed by atoms with E-state index in [9.17, 15) is 9.18 Å². The largest absolute Gasteiger partial charge is 0.348 e. The minimum atomic E-state index is -0.298. The molecule has 0 bridgehead atoms. The molecule has 1 saturated heterocycles. The molecule has 0 spiro atoms. The molecule has 1 aliphatic heterocycles. The molecular formula is C26H27FN6O. The summed E-state index contributed by atoms with van der Waals surface area (Å²) >= 11 is 0. The van der Waals surface area contributed by atoms with Gasteiger partial charge < -0.3 is 20.5 Å². The third-order valence-electron chi connectivity index (χ3n) is 6.28. The van der Waals surface area contributed by atoms with E-state index in [2.05, 4.69) is 32.8 Å². The van der Waals surface area contributed by atoms with Crippen LogP contribution in [-0.4, -0.2) is 39.1 Å². The van der Waals surface area contributed by atoms with E-state index in [1.165, 1.54) is 12.1 Å². The maximum atomic E-state index is 13.2. The van der Waals surface area contributed by atoms with E-state index in [0.717, 1.165) is 42.5 Å². The Morgan fingerprint density at radius 1 is 1.18 bits per heavy atom. The molecule has 1 aliphatic rings. The Bertz CT molecular complexity index is 1280. The summed E-state index contributed by atoms with van der Waals surface area (Å²) in [6.07, 6.45) is 6.81. The molecule has 3 heterocycles. The molecule has 5 rings (SSSR count). The molecule has 174 valence electrons. The molecule has 4 aromatic rings. The molecule has 1 amide bonds. The number of anilines is 2. The number of fused-ring (bicyclic) bond motifs is 1. The van der Waals surface area contributed by atoms with Crippen molar-refractivity contribution in [3.05, 3.63) is 78.4 Å². The number of carbonyl (C=O) groups is 1. The van der Waals surface area contributed by atoms with Gasteiger partial charge in [0.15, 0.2) is 0 Å². The van der Waals surface area contributed by atoms with Crippen LogP contribution < -0.4 is 16.0 Å². The number of amides is 1. The van der Waals surface area contributed by atoms with Crippen molar-refractivity contribution < 1.29 is 9.18 Å². The summed E-state index contributed by atoms with van der Waals surface area (Å²) < 4.78 is 15.1. The summed E-state index contributed by atoms with van der Waals surface area (Å²) in [7, 11) is 0. The minimum absolute atomic E-state index is 0.0578. The molecule has 2 aromatic heterocycles. The van der Waals surface area contributed by atoms with Gasteiger partial charge in [-0.15, -0.1) is 0 Å². The first-order valence-electron chi connectivity index (χ1n) is 11.6. The maximum Gasteiger partial charge on any atom is 0.251 e. The fraction of sp³-hybridized carbons (Fsp3) is 0.269. The molecule has 7 nitrogen and oxygen atoms in total. The van der Waals surface area contributed by atoms with E-state index in [4.69, 9.17) is 0 Å². The number of hydrogen-bond acceptors (Lipinski definition) is 5. The number of aromatic nitrogens is 3. The number of benzene rings is 2. The zero-order chi connectivity index (χ0) is 23.5. The second-order valence-corrected chi connectivity index (χ2v) is 8.53. The van der Waals surface area contributed by atoms with E-state index in [1.807, 2.05) is 41.1 Å². The molecule has 0 saturated carbocycles. The Labute approximate surface area is 197 Å². The summed E-state index contributed by atoms with van der Waals surface area (Å²) in [6, 6.07) is 16.0. The van der Waals surface area contributed by atoms with E-state index < -0.39 is 0 Å². The van der Waals surface area contributed by atoms with Crippen LogP contribution in [0, 0.1) is 5.82 Å². The van der Waals surface area contributed by atoms with E-state index in [0.29, 0.717) is 23.2 Å². The quantitative estimate of drug-likeness (QED) is 0.378. The van der Waals surface area contributed by atoms with Crippen LogP contribution in [-0.2, 0) is 0 Å². The fourth-order valence-corrected chi connectivity index (χ4v) is 4.42. The number of rotatable bonds is 7. The topological polar surface area (TPSA) is 83.9 Å². The van der Waals surface area contributed by atoms with Crippen LogP contribution in [0.1, 0.15) is 36.5 Å². The Balaban J connectivity index is 1.34. The minimum Gasteiger partial charge on any atom is -0.348 e. The average molecular weight is 459 g/mol. The van der Waals surface area contributed by atoms with E-state index in [-0.39, 0.29) is 17.8 Å². The van der Waals surface area contributed by atoms with Crippen LogP contribution in [0.4, 0.5) is 16.0 Å². The van der Waals surface area contributed by atoms with Crippen molar-refractivity contribution >= 4 is 28.6 Å². The molecule has 2 unspecified atom stereocenters. The standard InChI is InChI=1S/C26H27FN6O/c1-2-22(23-4-3-14-28-23)31-25(34)17-5-11-21(12-6-17)33-15-13-18-16-29-26(32-24(18)33)30-20-9-7-19(27)8-10-20/h5-13,15-16,22-23,28H,2-4,14H2,1H3,(H,31,34)(H,29,30,32). The summed E-state index contributed by atoms with van der Waals surface area (Å²) in [4.78, 5) is 21.8. The molecule has 3 N–H and O–H groups in total. The first-order valence-corrected chi connectivity index (χ1v) is 11.6. The summed E-state index contributed by atoms with van der Waals surface area (Å²) in [5.74, 6) is 0.0621. The molecule has 8 heteroatoms. The monoisotopic (exact) mass is 458 g/mol. The molecule has 0 radical (unpaired) electrons. The zero-order valence-electron chi connectivity index (χ0n) is 19.0. The normalized spacial score (nSPS) is 16.5. The molecule has 34 heavy (non-hydrogen) atoms. The number of nitrogens with one attached hydrogen (secondary N) is 3. The van der Waals surface area contributed by atoms with E-state index >= 15 is 0 Å². The Morgan fingerprint density at radius 2 is 1.97 bits per heavy atom. The Hall–Kier alpha value is -3.78. The molecule has 2 aromatic carbocycles. The highest BCUT2D eigenvalue weighted by molar-refractivity contribution is 5.94. The Morgan fingerprint density at radius 3 is 2.68 bits per heavy atom. The number of hydrogen-bond donors (Lipinski definition) is 3. The number of nitrogens with zero attached hydrogens (tertiary/aromatic N) is 3. The van der Waals surface area contributed by atoms with Gasteiger partial charge in [-0.3, -0.25) is 4.79 Å². The van der Waals surface area contributed by atoms with Crippen molar-refractivity contribution in [3.63, 3.8) is 0 Å². The highest BCUT2D eigenvalue weighted by atomic mass is 19.1. The fourth-order valence-electron chi connectivity index (χ4n) is 4.42. The van der Waals surface area contributed by atoms with Gasteiger partial charge in [-0.25, -0.2) is 9.37 Å². The number of halogens is 1. The lowest BCUT2D eigenvalue weighted by molar-refractivity contribution is 0.0927. The molecule has 0 aliphatic carbocycles. The highest BCUT2D eigenvalue weighted by Gasteiger charge is 2.24. The van der Waals surface area contributed by atoms with Gasteiger partial charge in [-0.1, -0.05) is 6.92 Å². The first-order chi connectivity index (χ1) is 16.6. The van der Waals surface area contributed by atoms with Gasteiger partial charge in [0, 0.05) is 46.8 Å².